The van der Waals surface area contributed by atoms with Crippen molar-refractivity contribution in [3.63, 3.8) is 0 Å². The Hall–Kier alpha value is -1.38. The maximum absolute atomic E-state index is 11.6. The minimum Gasteiger partial charge on any atom is -0.310 e. The van der Waals surface area contributed by atoms with Gasteiger partial charge in [-0.3, -0.25) is 0 Å². The molecule has 1 aromatic carbocycles. The minimum absolute atomic E-state index is 0.199. The predicted molar refractivity (Wildman–Crippen MR) is 78.9 cm³/mol. The molecule has 1 N–H and O–H groups in total. The van der Waals surface area contributed by atoms with Crippen molar-refractivity contribution in [3.8, 4) is 6.07 Å². The highest BCUT2D eigenvalue weighted by Crippen LogP contribution is 2.24. The number of nitriles is 1. The number of nitrogens with one attached hydrogen (secondary N) is 1. The molecule has 1 fully saturated rings. The standard InChI is InChI=1S/C15H20N2O2S/c1-20(18,19)15-4-2-3-14(9-15)17-11-13-7-5-12(10-16)6-8-13/h5-8,14-15,17H,2-4,9,11H2,1H3. The Morgan fingerprint density at radius 3 is 2.60 bits per heavy atom. The summed E-state index contributed by atoms with van der Waals surface area (Å²) in [6, 6.07) is 9.83. The van der Waals surface area contributed by atoms with Crippen LogP contribution in [-0.2, 0) is 16.4 Å². The minimum atomic E-state index is -2.93. The summed E-state index contributed by atoms with van der Waals surface area (Å²) in [7, 11) is -2.93. The third kappa shape index (κ3) is 4.06. The summed E-state index contributed by atoms with van der Waals surface area (Å²) in [5.74, 6) is 0. The van der Waals surface area contributed by atoms with Crippen molar-refractivity contribution in [2.24, 2.45) is 0 Å². The lowest BCUT2D eigenvalue weighted by Crippen LogP contribution is -2.38. The van der Waals surface area contributed by atoms with Crippen LogP contribution in [0.25, 0.3) is 0 Å². The van der Waals surface area contributed by atoms with Gasteiger partial charge in [-0.15, -0.1) is 0 Å². The topological polar surface area (TPSA) is 70.0 Å². The van der Waals surface area contributed by atoms with Crippen LogP contribution in [0.3, 0.4) is 0 Å². The highest BCUT2D eigenvalue weighted by atomic mass is 32.2. The fourth-order valence-corrected chi connectivity index (χ4v) is 3.86. The summed E-state index contributed by atoms with van der Waals surface area (Å²) < 4.78 is 23.2. The van der Waals surface area contributed by atoms with Crippen molar-refractivity contribution in [2.75, 3.05) is 6.26 Å². The van der Waals surface area contributed by atoms with E-state index in [1.165, 1.54) is 6.26 Å². The van der Waals surface area contributed by atoms with Gasteiger partial charge in [-0.25, -0.2) is 8.42 Å². The van der Waals surface area contributed by atoms with Crippen molar-refractivity contribution in [1.29, 1.82) is 5.26 Å². The van der Waals surface area contributed by atoms with Crippen molar-refractivity contribution in [3.05, 3.63) is 35.4 Å². The van der Waals surface area contributed by atoms with E-state index in [4.69, 9.17) is 5.26 Å². The van der Waals surface area contributed by atoms with Gasteiger partial charge in [-0.05, 0) is 37.0 Å². The van der Waals surface area contributed by atoms with Crippen LogP contribution in [0.2, 0.25) is 0 Å². The Balaban J connectivity index is 1.89. The first kappa shape index (κ1) is 15.0. The van der Waals surface area contributed by atoms with E-state index < -0.39 is 9.84 Å². The molecule has 1 aromatic rings. The molecule has 5 heteroatoms. The summed E-state index contributed by atoms with van der Waals surface area (Å²) in [6.07, 6.45) is 4.81. The van der Waals surface area contributed by atoms with Crippen molar-refractivity contribution in [2.45, 2.75) is 43.5 Å². The number of nitrogens with zero attached hydrogens (tertiary/aromatic N) is 1. The fraction of sp³-hybridized carbons (Fsp3) is 0.533. The van der Waals surface area contributed by atoms with E-state index >= 15 is 0 Å². The molecule has 1 aliphatic carbocycles. The second kappa shape index (κ2) is 6.38. The Labute approximate surface area is 120 Å². The molecule has 20 heavy (non-hydrogen) atoms. The van der Waals surface area contributed by atoms with Gasteiger partial charge in [0.1, 0.15) is 9.84 Å². The predicted octanol–water partition coefficient (Wildman–Crippen LogP) is 2.00. The van der Waals surface area contributed by atoms with Crippen LogP contribution in [-0.4, -0.2) is 26.0 Å². The molecule has 4 nitrogen and oxygen atoms in total. The fourth-order valence-electron chi connectivity index (χ4n) is 2.68. The summed E-state index contributed by atoms with van der Waals surface area (Å²) >= 11 is 0. The number of sulfone groups is 1. The maximum atomic E-state index is 11.6. The van der Waals surface area contributed by atoms with Crippen molar-refractivity contribution < 1.29 is 8.42 Å². The monoisotopic (exact) mass is 292 g/mol. The zero-order valence-corrected chi connectivity index (χ0v) is 12.5. The number of hydrogen-bond acceptors (Lipinski definition) is 4. The zero-order valence-electron chi connectivity index (χ0n) is 11.7. The Morgan fingerprint density at radius 2 is 2.00 bits per heavy atom. The molecule has 1 aliphatic rings. The normalized spacial score (nSPS) is 23.2. The summed E-state index contributed by atoms with van der Waals surface area (Å²) in [5, 5.41) is 12.0. The van der Waals surface area contributed by atoms with Gasteiger partial charge in [-0.2, -0.15) is 5.26 Å². The summed E-state index contributed by atoms with van der Waals surface area (Å²) in [6.45, 7) is 0.715. The highest BCUT2D eigenvalue weighted by Gasteiger charge is 2.28. The molecule has 0 radical (unpaired) electrons. The zero-order chi connectivity index (χ0) is 14.6. The lowest BCUT2D eigenvalue weighted by atomic mass is 9.95. The molecular formula is C15H20N2O2S. The van der Waals surface area contributed by atoms with Gasteiger partial charge in [0.05, 0.1) is 16.9 Å². The van der Waals surface area contributed by atoms with Gasteiger partial charge in [0.15, 0.2) is 0 Å². The van der Waals surface area contributed by atoms with E-state index in [-0.39, 0.29) is 11.3 Å². The number of benzene rings is 1. The lowest BCUT2D eigenvalue weighted by Gasteiger charge is -2.28. The van der Waals surface area contributed by atoms with E-state index in [9.17, 15) is 8.42 Å². The summed E-state index contributed by atoms with van der Waals surface area (Å²) in [5.41, 5.74) is 1.77. The molecule has 2 unspecified atom stereocenters. The van der Waals surface area contributed by atoms with E-state index in [0.717, 1.165) is 24.8 Å². The molecule has 0 bridgehead atoms. The molecule has 1 saturated carbocycles. The van der Waals surface area contributed by atoms with Gasteiger partial charge in [0.25, 0.3) is 0 Å². The van der Waals surface area contributed by atoms with Gasteiger partial charge in [0, 0.05) is 18.8 Å². The lowest BCUT2D eigenvalue weighted by molar-refractivity contribution is 0.371. The van der Waals surface area contributed by atoms with Gasteiger partial charge >= 0.3 is 0 Å². The van der Waals surface area contributed by atoms with E-state index in [2.05, 4.69) is 11.4 Å². The average molecular weight is 292 g/mol. The van der Waals surface area contributed by atoms with Crippen molar-refractivity contribution >= 4 is 9.84 Å². The third-order valence-corrected chi connectivity index (χ3v) is 5.55. The van der Waals surface area contributed by atoms with Crippen LogP contribution in [0, 0.1) is 11.3 Å². The molecule has 108 valence electrons. The molecule has 0 aliphatic heterocycles. The largest absolute Gasteiger partial charge is 0.310 e. The van der Waals surface area contributed by atoms with Crippen LogP contribution in [0.5, 0.6) is 0 Å². The van der Waals surface area contributed by atoms with Gasteiger partial charge in [0.2, 0.25) is 0 Å². The molecule has 2 atom stereocenters. The van der Waals surface area contributed by atoms with Crippen LogP contribution in [0.15, 0.2) is 24.3 Å². The number of hydrogen-bond donors (Lipinski definition) is 1. The first-order chi connectivity index (χ1) is 9.49. The summed E-state index contributed by atoms with van der Waals surface area (Å²) in [4.78, 5) is 0. The molecule has 0 heterocycles. The van der Waals surface area contributed by atoms with Gasteiger partial charge < -0.3 is 5.32 Å². The van der Waals surface area contributed by atoms with Crippen LogP contribution < -0.4 is 5.32 Å². The first-order valence-corrected chi connectivity index (χ1v) is 8.86. The SMILES string of the molecule is CS(=O)(=O)C1CCCC(NCc2ccc(C#N)cc2)C1. The Kier molecular flexibility index (Phi) is 4.79. The molecule has 0 saturated heterocycles. The van der Waals surface area contributed by atoms with Crippen molar-refractivity contribution in [1.82, 2.24) is 5.32 Å². The smallest absolute Gasteiger partial charge is 0.150 e. The first-order valence-electron chi connectivity index (χ1n) is 6.90. The second-order valence-corrected chi connectivity index (χ2v) is 7.83. The second-order valence-electron chi connectivity index (χ2n) is 5.50. The molecule has 0 amide bonds. The maximum Gasteiger partial charge on any atom is 0.150 e. The van der Waals surface area contributed by atoms with E-state index in [0.29, 0.717) is 18.5 Å². The van der Waals surface area contributed by atoms with Gasteiger partial charge in [-0.1, -0.05) is 18.6 Å². The van der Waals surface area contributed by atoms with Crippen LogP contribution >= 0.6 is 0 Å². The van der Waals surface area contributed by atoms with E-state index in [1.807, 2.05) is 12.1 Å². The van der Waals surface area contributed by atoms with Crippen LogP contribution in [0.4, 0.5) is 0 Å². The Morgan fingerprint density at radius 1 is 1.30 bits per heavy atom. The molecule has 0 aromatic heterocycles. The van der Waals surface area contributed by atoms with Crippen LogP contribution in [0.1, 0.15) is 36.8 Å². The number of rotatable bonds is 4. The molecule has 2 rings (SSSR count). The quantitative estimate of drug-likeness (QED) is 0.921. The molecule has 0 spiro atoms. The van der Waals surface area contributed by atoms with E-state index in [1.54, 1.807) is 12.1 Å². The highest BCUT2D eigenvalue weighted by molar-refractivity contribution is 7.91. The molecular weight excluding hydrogens is 272 g/mol. The average Bonchev–Trinajstić information content (AvgIpc) is 2.45. The third-order valence-electron chi connectivity index (χ3n) is 3.91. The Bertz CT molecular complexity index is 587.